The van der Waals surface area contributed by atoms with Crippen molar-refractivity contribution >= 4 is 23.5 Å². The van der Waals surface area contributed by atoms with E-state index in [1.807, 2.05) is 0 Å². The highest BCUT2D eigenvalue weighted by atomic mass is 35.5. The molecule has 1 aromatic rings. The Morgan fingerprint density at radius 2 is 2.11 bits per heavy atom. The van der Waals surface area contributed by atoms with Gasteiger partial charge in [0.05, 0.1) is 11.6 Å². The van der Waals surface area contributed by atoms with Crippen LogP contribution in [-0.4, -0.2) is 23.7 Å². The molecule has 1 unspecified atom stereocenters. The van der Waals surface area contributed by atoms with Crippen LogP contribution in [0.25, 0.3) is 0 Å². The minimum atomic E-state index is -1.80. The van der Waals surface area contributed by atoms with Crippen LogP contribution in [0.2, 0.25) is 5.02 Å². The van der Waals surface area contributed by atoms with Crippen molar-refractivity contribution in [1.82, 2.24) is 0 Å². The summed E-state index contributed by atoms with van der Waals surface area (Å²) in [6, 6.07) is 4.05. The molecule has 0 saturated carbocycles. The number of ether oxygens (including phenoxy) is 1. The van der Waals surface area contributed by atoms with E-state index in [-0.39, 0.29) is 23.6 Å². The number of carboxylic acid groups (broad SMARTS) is 1. The van der Waals surface area contributed by atoms with Crippen molar-refractivity contribution in [1.29, 1.82) is 0 Å². The van der Waals surface area contributed by atoms with Gasteiger partial charge in [0.15, 0.2) is 5.41 Å². The highest BCUT2D eigenvalue weighted by Crippen LogP contribution is 2.30. The minimum Gasteiger partial charge on any atom is -0.480 e. The van der Waals surface area contributed by atoms with E-state index in [1.54, 1.807) is 6.92 Å². The number of hydrogen-bond donors (Lipinski definition) is 1. The summed E-state index contributed by atoms with van der Waals surface area (Å²) in [5.41, 5.74) is -1.55. The second-order valence-corrected chi connectivity index (χ2v) is 4.63. The van der Waals surface area contributed by atoms with E-state index >= 15 is 0 Å². The van der Waals surface area contributed by atoms with Crippen LogP contribution in [0.3, 0.4) is 0 Å². The third kappa shape index (κ3) is 3.23. The third-order valence-corrected chi connectivity index (χ3v) is 3.20. The Morgan fingerprint density at radius 1 is 1.47 bits per heavy atom. The Hall–Kier alpha value is -1.62. The predicted molar refractivity (Wildman–Crippen MR) is 67.5 cm³/mol. The smallest absolute Gasteiger partial charge is 0.323 e. The number of carboxylic acids is 1. The molecule has 1 N–H and O–H groups in total. The Kier molecular flexibility index (Phi) is 4.89. The number of benzene rings is 1. The van der Waals surface area contributed by atoms with Gasteiger partial charge < -0.3 is 9.84 Å². The second-order valence-electron chi connectivity index (χ2n) is 4.25. The zero-order chi connectivity index (χ0) is 14.6. The lowest BCUT2D eigenvalue weighted by Gasteiger charge is -2.23. The maximum Gasteiger partial charge on any atom is 0.323 e. The molecule has 0 fully saturated rings. The summed E-state index contributed by atoms with van der Waals surface area (Å²) >= 11 is 5.77. The van der Waals surface area contributed by atoms with Gasteiger partial charge in [0.1, 0.15) is 5.82 Å². The van der Waals surface area contributed by atoms with Crippen LogP contribution in [0.4, 0.5) is 4.39 Å². The molecule has 19 heavy (non-hydrogen) atoms. The van der Waals surface area contributed by atoms with Crippen molar-refractivity contribution in [3.8, 4) is 0 Å². The van der Waals surface area contributed by atoms with E-state index in [0.717, 1.165) is 6.07 Å². The highest BCUT2D eigenvalue weighted by molar-refractivity contribution is 6.31. The fourth-order valence-electron chi connectivity index (χ4n) is 1.59. The maximum absolute atomic E-state index is 13.3. The van der Waals surface area contributed by atoms with Gasteiger partial charge in [0.25, 0.3) is 0 Å². The molecule has 0 spiro atoms. The normalized spacial score (nSPS) is 13.7. The molecule has 0 radical (unpaired) electrons. The average molecular weight is 289 g/mol. The number of halogens is 2. The molecule has 1 aromatic carbocycles. The van der Waals surface area contributed by atoms with Gasteiger partial charge in [0.2, 0.25) is 0 Å². The fourth-order valence-corrected chi connectivity index (χ4v) is 1.78. The number of hydrogen-bond acceptors (Lipinski definition) is 3. The molecule has 0 aliphatic carbocycles. The molecule has 0 aliphatic rings. The van der Waals surface area contributed by atoms with Crippen LogP contribution < -0.4 is 0 Å². The summed E-state index contributed by atoms with van der Waals surface area (Å²) in [4.78, 5) is 23.1. The lowest BCUT2D eigenvalue weighted by molar-refractivity contribution is -0.167. The molecule has 0 aromatic heterocycles. The van der Waals surface area contributed by atoms with E-state index < -0.39 is 23.2 Å². The first-order chi connectivity index (χ1) is 8.82. The molecule has 104 valence electrons. The van der Waals surface area contributed by atoms with E-state index in [9.17, 15) is 19.1 Å². The Bertz CT molecular complexity index is 503. The second kappa shape index (κ2) is 6.02. The van der Waals surface area contributed by atoms with Gasteiger partial charge in [0, 0.05) is 6.42 Å². The summed E-state index contributed by atoms with van der Waals surface area (Å²) in [5.74, 6) is -2.87. The lowest BCUT2D eigenvalue weighted by atomic mass is 9.83. The Balaban J connectivity index is 3.12. The van der Waals surface area contributed by atoms with Crippen LogP contribution in [0.15, 0.2) is 18.2 Å². The fraction of sp³-hybridized carbons (Fsp3) is 0.385. The standard InChI is InChI=1S/C13H14ClFO4/c1-3-19-12(18)13(2,11(16)17)7-8-5-4-6-9(15)10(8)14/h4-6H,3,7H2,1-2H3,(H,16,17). The van der Waals surface area contributed by atoms with E-state index in [2.05, 4.69) is 0 Å². The first-order valence-corrected chi connectivity index (χ1v) is 6.04. The number of rotatable bonds is 5. The van der Waals surface area contributed by atoms with Gasteiger partial charge in [-0.1, -0.05) is 23.7 Å². The maximum atomic E-state index is 13.3. The van der Waals surface area contributed by atoms with Crippen LogP contribution >= 0.6 is 11.6 Å². The van der Waals surface area contributed by atoms with Gasteiger partial charge in [-0.2, -0.15) is 0 Å². The Labute approximate surface area is 115 Å². The molecular weight excluding hydrogens is 275 g/mol. The van der Waals surface area contributed by atoms with Gasteiger partial charge in [-0.3, -0.25) is 9.59 Å². The van der Waals surface area contributed by atoms with Gasteiger partial charge in [-0.05, 0) is 25.5 Å². The van der Waals surface area contributed by atoms with Gasteiger partial charge in [-0.25, -0.2) is 4.39 Å². The summed E-state index contributed by atoms with van der Waals surface area (Å²) < 4.78 is 18.1. The van der Waals surface area contributed by atoms with E-state index in [4.69, 9.17) is 16.3 Å². The molecule has 1 atom stereocenters. The zero-order valence-electron chi connectivity index (χ0n) is 10.6. The van der Waals surface area contributed by atoms with Gasteiger partial charge in [-0.15, -0.1) is 0 Å². The largest absolute Gasteiger partial charge is 0.480 e. The number of carbonyl (C=O) groups is 2. The predicted octanol–water partition coefficient (Wildman–Crippen LogP) is 2.68. The first kappa shape index (κ1) is 15.4. The minimum absolute atomic E-state index is 0.0680. The quantitative estimate of drug-likeness (QED) is 0.668. The first-order valence-electron chi connectivity index (χ1n) is 5.66. The topological polar surface area (TPSA) is 63.6 Å². The number of esters is 1. The van der Waals surface area contributed by atoms with Crippen LogP contribution in [0.1, 0.15) is 19.4 Å². The van der Waals surface area contributed by atoms with Crippen LogP contribution in [0, 0.1) is 11.2 Å². The Morgan fingerprint density at radius 3 is 2.63 bits per heavy atom. The number of aliphatic carboxylic acids is 1. The van der Waals surface area contributed by atoms with Crippen molar-refractivity contribution in [2.75, 3.05) is 6.61 Å². The molecular formula is C13H14ClFO4. The van der Waals surface area contributed by atoms with Crippen LogP contribution in [0.5, 0.6) is 0 Å². The van der Waals surface area contributed by atoms with E-state index in [0.29, 0.717) is 0 Å². The molecule has 0 bridgehead atoms. The van der Waals surface area contributed by atoms with Crippen molar-refractivity contribution in [2.45, 2.75) is 20.3 Å². The molecule has 0 amide bonds. The summed E-state index contributed by atoms with van der Waals surface area (Å²) in [7, 11) is 0. The SMILES string of the molecule is CCOC(=O)C(C)(Cc1cccc(F)c1Cl)C(=O)O. The molecule has 6 heteroatoms. The third-order valence-electron chi connectivity index (χ3n) is 2.77. The molecule has 0 heterocycles. The summed E-state index contributed by atoms with van der Waals surface area (Å²) in [6.07, 6.45) is -0.238. The molecule has 0 aliphatic heterocycles. The highest BCUT2D eigenvalue weighted by Gasteiger charge is 2.43. The van der Waals surface area contributed by atoms with Crippen LogP contribution in [-0.2, 0) is 20.7 Å². The van der Waals surface area contributed by atoms with Crippen molar-refractivity contribution in [2.24, 2.45) is 5.41 Å². The monoisotopic (exact) mass is 288 g/mol. The lowest BCUT2D eigenvalue weighted by Crippen LogP contribution is -2.40. The average Bonchev–Trinajstić information content (AvgIpc) is 2.34. The van der Waals surface area contributed by atoms with E-state index in [1.165, 1.54) is 19.1 Å². The molecule has 0 saturated heterocycles. The summed E-state index contributed by atoms with van der Waals surface area (Å²) in [5, 5.41) is 9.03. The van der Waals surface area contributed by atoms with Gasteiger partial charge >= 0.3 is 11.9 Å². The molecule has 1 rings (SSSR count). The molecule has 4 nitrogen and oxygen atoms in total. The zero-order valence-corrected chi connectivity index (χ0v) is 11.3. The van der Waals surface area contributed by atoms with Crippen molar-refractivity contribution in [3.05, 3.63) is 34.6 Å². The summed E-state index contributed by atoms with van der Waals surface area (Å²) in [6.45, 7) is 2.88. The van der Waals surface area contributed by atoms with Crippen molar-refractivity contribution < 1.29 is 23.8 Å². The van der Waals surface area contributed by atoms with Crippen molar-refractivity contribution in [3.63, 3.8) is 0 Å². The number of carbonyl (C=O) groups excluding carboxylic acids is 1.